The summed E-state index contributed by atoms with van der Waals surface area (Å²) in [6.45, 7) is 5.19. The molecule has 0 radical (unpaired) electrons. The van der Waals surface area contributed by atoms with E-state index >= 15 is 0 Å². The smallest absolute Gasteiger partial charge is 0.409 e. The van der Waals surface area contributed by atoms with Crippen molar-refractivity contribution in [3.8, 4) is 0 Å². The summed E-state index contributed by atoms with van der Waals surface area (Å²) in [6, 6.07) is 6.65. The predicted molar refractivity (Wildman–Crippen MR) is 102 cm³/mol. The maximum absolute atomic E-state index is 12.7. The fourth-order valence-electron chi connectivity index (χ4n) is 3.37. The average Bonchev–Trinajstić information content (AvgIpc) is 3.25. The Morgan fingerprint density at radius 1 is 1.07 bits per heavy atom. The molecule has 28 heavy (non-hydrogen) atoms. The van der Waals surface area contributed by atoms with Gasteiger partial charge in [0, 0.05) is 50.5 Å². The highest BCUT2D eigenvalue weighted by Crippen LogP contribution is 2.13. The summed E-state index contributed by atoms with van der Waals surface area (Å²) < 4.78 is 10.5. The highest BCUT2D eigenvalue weighted by Gasteiger charge is 2.25. The van der Waals surface area contributed by atoms with Gasteiger partial charge in [-0.2, -0.15) is 0 Å². The lowest BCUT2D eigenvalue weighted by Gasteiger charge is -2.34. The van der Waals surface area contributed by atoms with Crippen LogP contribution in [0.15, 0.2) is 24.3 Å². The van der Waals surface area contributed by atoms with Crippen molar-refractivity contribution >= 4 is 17.9 Å². The largest absolute Gasteiger partial charge is 0.450 e. The fourth-order valence-corrected chi connectivity index (χ4v) is 3.37. The second kappa shape index (κ2) is 9.54. The van der Waals surface area contributed by atoms with Crippen molar-refractivity contribution in [1.29, 1.82) is 0 Å². The Kier molecular flexibility index (Phi) is 6.86. The topological polar surface area (TPSA) is 88.2 Å². The number of carbonyl (C=O) groups excluding carboxylic acids is 3. The zero-order valence-electron chi connectivity index (χ0n) is 16.2. The van der Waals surface area contributed by atoms with Crippen LogP contribution in [-0.2, 0) is 9.47 Å². The van der Waals surface area contributed by atoms with Crippen LogP contribution in [0.1, 0.15) is 40.5 Å². The zero-order valence-corrected chi connectivity index (χ0v) is 16.2. The van der Waals surface area contributed by atoms with Crippen LogP contribution in [0.3, 0.4) is 0 Å². The Labute approximate surface area is 164 Å². The van der Waals surface area contributed by atoms with Crippen LogP contribution in [0.4, 0.5) is 4.79 Å². The van der Waals surface area contributed by atoms with Gasteiger partial charge in [-0.15, -0.1) is 0 Å². The van der Waals surface area contributed by atoms with E-state index in [2.05, 4.69) is 5.32 Å². The monoisotopic (exact) mass is 389 g/mol. The van der Waals surface area contributed by atoms with E-state index in [1.165, 1.54) is 0 Å². The Balaban J connectivity index is 1.49. The third-order valence-electron chi connectivity index (χ3n) is 5.00. The molecular formula is C20H27N3O5. The average molecular weight is 389 g/mol. The molecule has 2 aliphatic heterocycles. The summed E-state index contributed by atoms with van der Waals surface area (Å²) in [4.78, 5) is 39.9. The second-order valence-corrected chi connectivity index (χ2v) is 6.90. The minimum absolute atomic E-state index is 0.0954. The first-order valence-corrected chi connectivity index (χ1v) is 9.79. The van der Waals surface area contributed by atoms with Gasteiger partial charge >= 0.3 is 6.09 Å². The standard InChI is InChI=1S/C20H27N3O5/c1-2-27-20(26)23-11-9-22(10-12-23)19(25)16-7-5-15(6-8-16)18(24)21-14-17-4-3-13-28-17/h5-8,17H,2-4,9-14H2,1H3,(H,21,24). The van der Waals surface area contributed by atoms with Gasteiger partial charge < -0.3 is 24.6 Å². The van der Waals surface area contributed by atoms with Gasteiger partial charge in [0.15, 0.2) is 0 Å². The molecule has 2 heterocycles. The molecule has 0 spiro atoms. The van der Waals surface area contributed by atoms with E-state index in [1.807, 2.05) is 0 Å². The first-order valence-electron chi connectivity index (χ1n) is 9.79. The molecule has 1 N–H and O–H groups in total. The molecule has 3 rings (SSSR count). The quantitative estimate of drug-likeness (QED) is 0.825. The highest BCUT2D eigenvalue weighted by atomic mass is 16.6. The Morgan fingerprint density at radius 2 is 1.71 bits per heavy atom. The first kappa shape index (κ1) is 20.1. The lowest BCUT2D eigenvalue weighted by molar-refractivity contribution is 0.0570. The normalized spacial score (nSPS) is 19.4. The summed E-state index contributed by atoms with van der Waals surface area (Å²) in [5.41, 5.74) is 1.04. The van der Waals surface area contributed by atoms with Crippen LogP contribution in [0.25, 0.3) is 0 Å². The van der Waals surface area contributed by atoms with Crippen molar-refractivity contribution in [2.45, 2.75) is 25.9 Å². The number of ether oxygens (including phenoxy) is 2. The Hall–Kier alpha value is -2.61. The number of rotatable bonds is 5. The number of amides is 3. The van der Waals surface area contributed by atoms with Gasteiger partial charge in [-0.3, -0.25) is 9.59 Å². The molecule has 2 fully saturated rings. The van der Waals surface area contributed by atoms with Crippen molar-refractivity contribution in [2.24, 2.45) is 0 Å². The minimum Gasteiger partial charge on any atom is -0.450 e. The molecule has 8 heteroatoms. The van der Waals surface area contributed by atoms with Gasteiger partial charge in [-0.25, -0.2) is 4.79 Å². The van der Waals surface area contributed by atoms with Gasteiger partial charge in [-0.05, 0) is 44.0 Å². The number of benzene rings is 1. The van der Waals surface area contributed by atoms with Gasteiger partial charge in [0.1, 0.15) is 0 Å². The lowest BCUT2D eigenvalue weighted by atomic mass is 10.1. The number of nitrogens with one attached hydrogen (secondary N) is 1. The maximum Gasteiger partial charge on any atom is 0.409 e. The number of carbonyl (C=O) groups is 3. The molecule has 0 aromatic heterocycles. The van der Waals surface area contributed by atoms with Crippen molar-refractivity contribution in [3.05, 3.63) is 35.4 Å². The molecule has 1 unspecified atom stereocenters. The van der Waals surface area contributed by atoms with Crippen molar-refractivity contribution in [2.75, 3.05) is 45.9 Å². The summed E-state index contributed by atoms with van der Waals surface area (Å²) in [5, 5.41) is 2.87. The van der Waals surface area contributed by atoms with Crippen LogP contribution in [0.5, 0.6) is 0 Å². The first-order chi connectivity index (χ1) is 13.6. The van der Waals surface area contributed by atoms with Crippen LogP contribution < -0.4 is 5.32 Å². The highest BCUT2D eigenvalue weighted by molar-refractivity contribution is 5.97. The minimum atomic E-state index is -0.340. The molecular weight excluding hydrogens is 362 g/mol. The number of hydrogen-bond acceptors (Lipinski definition) is 5. The van der Waals surface area contributed by atoms with E-state index in [0.717, 1.165) is 19.4 Å². The molecule has 1 atom stereocenters. The van der Waals surface area contributed by atoms with E-state index in [-0.39, 0.29) is 24.0 Å². The van der Waals surface area contributed by atoms with Crippen molar-refractivity contribution < 1.29 is 23.9 Å². The van der Waals surface area contributed by atoms with Crippen LogP contribution >= 0.6 is 0 Å². The number of hydrogen-bond donors (Lipinski definition) is 1. The third kappa shape index (κ3) is 5.01. The maximum atomic E-state index is 12.7. The summed E-state index contributed by atoms with van der Waals surface area (Å²) in [7, 11) is 0. The van der Waals surface area contributed by atoms with Crippen molar-refractivity contribution in [1.82, 2.24) is 15.1 Å². The summed E-state index contributed by atoms with van der Waals surface area (Å²) >= 11 is 0. The Bertz CT molecular complexity index is 692. The van der Waals surface area contributed by atoms with Gasteiger partial charge in [0.2, 0.25) is 0 Å². The van der Waals surface area contributed by atoms with Crippen LogP contribution in [0.2, 0.25) is 0 Å². The SMILES string of the molecule is CCOC(=O)N1CCN(C(=O)c2ccc(C(=O)NCC3CCCO3)cc2)CC1. The molecule has 0 aliphatic carbocycles. The summed E-state index contributed by atoms with van der Waals surface area (Å²) in [6.07, 6.45) is 1.76. The third-order valence-corrected chi connectivity index (χ3v) is 5.00. The van der Waals surface area contributed by atoms with E-state index < -0.39 is 0 Å². The molecule has 152 valence electrons. The molecule has 1 aromatic carbocycles. The number of piperazine rings is 1. The van der Waals surface area contributed by atoms with Crippen LogP contribution in [0, 0.1) is 0 Å². The van der Waals surface area contributed by atoms with E-state index in [1.54, 1.807) is 41.0 Å². The molecule has 0 bridgehead atoms. The molecule has 8 nitrogen and oxygen atoms in total. The molecule has 2 aliphatic rings. The summed E-state index contributed by atoms with van der Waals surface area (Å²) in [5.74, 6) is -0.271. The van der Waals surface area contributed by atoms with E-state index in [0.29, 0.717) is 50.5 Å². The molecule has 3 amide bonds. The Morgan fingerprint density at radius 3 is 2.32 bits per heavy atom. The van der Waals surface area contributed by atoms with Gasteiger partial charge in [0.25, 0.3) is 11.8 Å². The van der Waals surface area contributed by atoms with E-state index in [9.17, 15) is 14.4 Å². The molecule has 0 saturated carbocycles. The molecule has 2 saturated heterocycles. The van der Waals surface area contributed by atoms with E-state index in [4.69, 9.17) is 9.47 Å². The van der Waals surface area contributed by atoms with Gasteiger partial charge in [0.05, 0.1) is 12.7 Å². The molecule has 1 aromatic rings. The number of nitrogens with zero attached hydrogens (tertiary/aromatic N) is 2. The zero-order chi connectivity index (χ0) is 19.9. The van der Waals surface area contributed by atoms with Gasteiger partial charge in [-0.1, -0.05) is 0 Å². The fraction of sp³-hybridized carbons (Fsp3) is 0.550. The predicted octanol–water partition coefficient (Wildman–Crippen LogP) is 1.51. The van der Waals surface area contributed by atoms with Crippen molar-refractivity contribution in [3.63, 3.8) is 0 Å². The lowest BCUT2D eigenvalue weighted by Crippen LogP contribution is -2.50. The second-order valence-electron chi connectivity index (χ2n) is 6.90. The van der Waals surface area contributed by atoms with Crippen LogP contribution in [-0.4, -0.2) is 79.7 Å².